The van der Waals surface area contributed by atoms with Gasteiger partial charge in [-0.2, -0.15) is 0 Å². The maximum Gasteiger partial charge on any atom is 0.410 e. The number of anilines is 2. The Kier molecular flexibility index (Phi) is 15.7. The van der Waals surface area contributed by atoms with E-state index in [2.05, 4.69) is 84.2 Å². The second kappa shape index (κ2) is 20.6. The summed E-state index contributed by atoms with van der Waals surface area (Å²) < 4.78 is 5.46. The van der Waals surface area contributed by atoms with Crippen LogP contribution in [0.3, 0.4) is 0 Å². The summed E-state index contributed by atoms with van der Waals surface area (Å²) in [6.07, 6.45) is 3.41. The fraction of sp³-hybridized carbons (Fsp3) is 0.488. The molecule has 2 aliphatic rings. The largest absolute Gasteiger partial charge is 0.444 e. The molecule has 0 saturated carbocycles. The van der Waals surface area contributed by atoms with E-state index in [1.165, 1.54) is 58.8 Å². The molecule has 4 heterocycles. The average molecular weight is 789 g/mol. The van der Waals surface area contributed by atoms with Crippen LogP contribution < -0.4 is 16.0 Å². The zero-order valence-corrected chi connectivity index (χ0v) is 34.5. The smallest absolute Gasteiger partial charge is 0.410 e. The summed E-state index contributed by atoms with van der Waals surface area (Å²) >= 11 is 2.94. The van der Waals surface area contributed by atoms with Crippen LogP contribution in [0.4, 0.5) is 15.1 Å². The first kappa shape index (κ1) is 41.9. The summed E-state index contributed by atoms with van der Waals surface area (Å²) in [5, 5.41) is 14.2. The number of rotatable bonds is 12. The van der Waals surface area contributed by atoms with Crippen LogP contribution >= 0.6 is 22.7 Å². The van der Waals surface area contributed by atoms with Gasteiger partial charge in [0.05, 0.1) is 11.4 Å². The molecule has 14 heteroatoms. The molecule has 0 radical (unpaired) electrons. The molecule has 0 atom stereocenters. The molecule has 0 spiro atoms. The van der Waals surface area contributed by atoms with Gasteiger partial charge in [0.25, 0.3) is 0 Å². The van der Waals surface area contributed by atoms with Crippen molar-refractivity contribution in [3.05, 3.63) is 92.9 Å². The molecule has 2 aromatic heterocycles. The van der Waals surface area contributed by atoms with E-state index in [1.807, 2.05) is 31.5 Å². The molecular weight excluding hydrogens is 733 g/mol. The first-order chi connectivity index (χ1) is 26.4. The molecule has 0 unspecified atom stereocenters. The topological polar surface area (TPSA) is 132 Å². The molecule has 4 aromatic rings. The van der Waals surface area contributed by atoms with Gasteiger partial charge in [-0.05, 0) is 68.7 Å². The molecule has 296 valence electrons. The molecule has 12 nitrogen and oxygen atoms in total. The summed E-state index contributed by atoms with van der Waals surface area (Å²) in [5.41, 5.74) is 6.83. The van der Waals surface area contributed by atoms with Gasteiger partial charge in [0.2, 0.25) is 11.8 Å². The number of thiazole rings is 2. The van der Waals surface area contributed by atoms with E-state index < -0.39 is 5.60 Å². The molecule has 6 rings (SSSR count). The van der Waals surface area contributed by atoms with Gasteiger partial charge in [-0.3, -0.25) is 19.4 Å². The first-order valence-corrected chi connectivity index (χ1v) is 20.9. The predicted octanol–water partition coefficient (Wildman–Crippen LogP) is 6.23. The predicted molar refractivity (Wildman–Crippen MR) is 222 cm³/mol. The fourth-order valence-corrected chi connectivity index (χ4v) is 7.81. The minimum absolute atomic E-state index is 0.0732. The van der Waals surface area contributed by atoms with Crippen molar-refractivity contribution >= 4 is 50.8 Å². The van der Waals surface area contributed by atoms with Crippen LogP contribution in [0.5, 0.6) is 0 Å². The standard InChI is InChI=1S/C23H32N4O3S.C18H24N4OS/c1-17(28)24-21-25-20(16-31-21)10-9-18-5-7-19(8-6-18)15-26-11-13-27(14-12-26)22(29)30-23(2,3)4;1-14(23)20-18-21-17(13-24-18)7-6-15-2-4-16(5-3-15)12-22-10-8-19-9-11-22/h5-8,16H,9-15H2,1-4H3,(H,24,25,28);2-5,13,19H,6-12H2,1H3,(H,20,21,23). The summed E-state index contributed by atoms with van der Waals surface area (Å²) in [4.78, 5) is 49.8. The van der Waals surface area contributed by atoms with Gasteiger partial charge >= 0.3 is 6.09 Å². The highest BCUT2D eigenvalue weighted by atomic mass is 32.1. The lowest BCUT2D eigenvalue weighted by Crippen LogP contribution is -2.49. The minimum Gasteiger partial charge on any atom is -0.444 e. The molecular formula is C41H56N8O4S2. The van der Waals surface area contributed by atoms with Gasteiger partial charge in [0.15, 0.2) is 10.3 Å². The van der Waals surface area contributed by atoms with Gasteiger partial charge in [-0.25, -0.2) is 14.8 Å². The Bertz CT molecular complexity index is 1810. The van der Waals surface area contributed by atoms with E-state index in [-0.39, 0.29) is 17.9 Å². The van der Waals surface area contributed by atoms with E-state index in [4.69, 9.17) is 4.74 Å². The van der Waals surface area contributed by atoms with E-state index in [0.717, 1.165) is 89.4 Å². The van der Waals surface area contributed by atoms with Crippen LogP contribution in [-0.2, 0) is 53.1 Å². The Hall–Kier alpha value is -4.21. The molecule has 0 bridgehead atoms. The van der Waals surface area contributed by atoms with E-state index in [0.29, 0.717) is 23.4 Å². The van der Waals surface area contributed by atoms with Crippen LogP contribution in [0, 0.1) is 0 Å². The molecule has 2 fully saturated rings. The highest BCUT2D eigenvalue weighted by Crippen LogP contribution is 2.20. The molecule has 55 heavy (non-hydrogen) atoms. The number of carbonyl (C=O) groups excluding carboxylic acids is 3. The molecule has 3 amide bonds. The quantitative estimate of drug-likeness (QED) is 0.153. The molecule has 2 aromatic carbocycles. The van der Waals surface area contributed by atoms with Gasteiger partial charge < -0.3 is 25.6 Å². The van der Waals surface area contributed by atoms with Crippen LogP contribution in [0.15, 0.2) is 59.3 Å². The number of benzene rings is 2. The van der Waals surface area contributed by atoms with Crippen molar-refractivity contribution in [2.24, 2.45) is 0 Å². The third-order valence-electron chi connectivity index (χ3n) is 9.10. The monoisotopic (exact) mass is 788 g/mol. The molecule has 2 saturated heterocycles. The average Bonchev–Trinajstić information content (AvgIpc) is 3.79. The first-order valence-electron chi connectivity index (χ1n) is 19.1. The Balaban J connectivity index is 0.000000218. The van der Waals surface area contributed by atoms with Crippen molar-refractivity contribution in [1.82, 2.24) is 30.0 Å². The van der Waals surface area contributed by atoms with E-state index >= 15 is 0 Å². The maximum atomic E-state index is 12.2. The Labute approximate surface area is 333 Å². The zero-order valence-electron chi connectivity index (χ0n) is 32.9. The fourth-order valence-electron chi connectivity index (χ4n) is 6.23. The number of ether oxygens (including phenoxy) is 1. The number of nitrogens with one attached hydrogen (secondary N) is 3. The van der Waals surface area contributed by atoms with E-state index in [9.17, 15) is 14.4 Å². The van der Waals surface area contributed by atoms with Crippen LogP contribution in [0.25, 0.3) is 0 Å². The van der Waals surface area contributed by atoms with Crippen molar-refractivity contribution in [3.63, 3.8) is 0 Å². The van der Waals surface area contributed by atoms with Crippen LogP contribution in [0.1, 0.15) is 68.3 Å². The molecule has 3 N–H and O–H groups in total. The SMILES string of the molecule is CC(=O)Nc1nc(CCc2ccc(CN3CCN(C(=O)OC(C)(C)C)CC3)cc2)cs1.CC(=O)Nc1nc(CCc2ccc(CN3CCNCC3)cc2)cs1. The van der Waals surface area contributed by atoms with Gasteiger partial charge in [-0.1, -0.05) is 48.5 Å². The van der Waals surface area contributed by atoms with Crippen LogP contribution in [0.2, 0.25) is 0 Å². The number of aryl methyl sites for hydroxylation is 4. The lowest BCUT2D eigenvalue weighted by Gasteiger charge is -2.35. The number of carbonyl (C=O) groups is 3. The molecule has 0 aliphatic carbocycles. The van der Waals surface area contributed by atoms with Crippen molar-refractivity contribution in [1.29, 1.82) is 0 Å². The number of aromatic nitrogens is 2. The lowest BCUT2D eigenvalue weighted by molar-refractivity contribution is -0.115. The summed E-state index contributed by atoms with van der Waals surface area (Å²) in [5.74, 6) is -0.168. The number of piperazine rings is 2. The minimum atomic E-state index is -0.455. The molecule has 2 aliphatic heterocycles. The highest BCUT2D eigenvalue weighted by molar-refractivity contribution is 7.14. The summed E-state index contributed by atoms with van der Waals surface area (Å²) in [6.45, 7) is 18.1. The van der Waals surface area contributed by atoms with Crippen LogP contribution in [-0.4, -0.2) is 101 Å². The second-order valence-corrected chi connectivity index (χ2v) is 16.8. The van der Waals surface area contributed by atoms with Crippen molar-refractivity contribution in [2.45, 2.75) is 79.0 Å². The summed E-state index contributed by atoms with van der Waals surface area (Å²) in [7, 11) is 0. The number of nitrogens with zero attached hydrogens (tertiary/aromatic N) is 5. The summed E-state index contributed by atoms with van der Waals surface area (Å²) in [6, 6.07) is 17.6. The Morgan fingerprint density at radius 1 is 0.655 bits per heavy atom. The van der Waals surface area contributed by atoms with Gasteiger partial charge in [0, 0.05) is 90.1 Å². The third-order valence-corrected chi connectivity index (χ3v) is 10.7. The third kappa shape index (κ3) is 15.1. The highest BCUT2D eigenvalue weighted by Gasteiger charge is 2.25. The number of hydrogen-bond donors (Lipinski definition) is 3. The Morgan fingerprint density at radius 2 is 1.07 bits per heavy atom. The van der Waals surface area contributed by atoms with Crippen molar-refractivity contribution in [2.75, 3.05) is 63.0 Å². The van der Waals surface area contributed by atoms with Crippen molar-refractivity contribution < 1.29 is 19.1 Å². The lowest BCUT2D eigenvalue weighted by atomic mass is 10.1. The van der Waals surface area contributed by atoms with E-state index in [1.54, 1.807) is 4.90 Å². The zero-order chi connectivity index (χ0) is 39.2. The van der Waals surface area contributed by atoms with Gasteiger partial charge in [0.1, 0.15) is 5.60 Å². The second-order valence-electron chi connectivity index (χ2n) is 15.1. The van der Waals surface area contributed by atoms with Crippen molar-refractivity contribution in [3.8, 4) is 0 Å². The normalized spacial score (nSPS) is 15.2. The number of amides is 3. The van der Waals surface area contributed by atoms with Gasteiger partial charge in [-0.15, -0.1) is 22.7 Å². The number of hydrogen-bond acceptors (Lipinski definition) is 11. The Morgan fingerprint density at radius 3 is 1.49 bits per heavy atom. The maximum absolute atomic E-state index is 12.2.